The molecule has 0 aromatic heterocycles. The molecule has 1 aromatic carbocycles. The van der Waals surface area contributed by atoms with Gasteiger partial charge in [-0.15, -0.1) is 0 Å². The monoisotopic (exact) mass is 310 g/mol. The Hall–Kier alpha value is -1.11. The van der Waals surface area contributed by atoms with Gasteiger partial charge in [0.05, 0.1) is 6.61 Å². The highest BCUT2D eigenvalue weighted by Gasteiger charge is 2.44. The van der Waals surface area contributed by atoms with Crippen LogP contribution < -0.4 is 10.0 Å². The Balaban J connectivity index is 1.79. The van der Waals surface area contributed by atoms with Crippen LogP contribution in [-0.4, -0.2) is 33.2 Å². The zero-order chi connectivity index (χ0) is 15.1. The van der Waals surface area contributed by atoms with Crippen molar-refractivity contribution >= 4 is 15.7 Å². The van der Waals surface area contributed by atoms with E-state index in [2.05, 4.69) is 4.90 Å². The predicted molar refractivity (Wildman–Crippen MR) is 82.5 cm³/mol. The number of nitrogens with zero attached hydrogens (tertiary/aromatic N) is 1. The van der Waals surface area contributed by atoms with Gasteiger partial charge in [-0.25, -0.2) is 13.6 Å². The lowest BCUT2D eigenvalue weighted by atomic mass is 9.93. The number of hydrogen-bond acceptors (Lipinski definition) is 4. The number of nitrogens with two attached hydrogens (primary N) is 1. The van der Waals surface area contributed by atoms with Gasteiger partial charge in [0.2, 0.25) is 10.0 Å². The van der Waals surface area contributed by atoms with E-state index in [1.165, 1.54) is 25.7 Å². The standard InChI is InChI=1S/C15H22N2O3S/c16-21(19,20)14(11-18)12-2-1-3-13(10-12)17-8-6-15(4-5-15)7-9-17/h1-3,10,14,18H,4-9,11H2,(H2,16,19,20). The van der Waals surface area contributed by atoms with E-state index in [0.29, 0.717) is 11.0 Å². The number of aliphatic hydroxyl groups is 1. The van der Waals surface area contributed by atoms with Crippen LogP contribution in [0.15, 0.2) is 24.3 Å². The summed E-state index contributed by atoms with van der Waals surface area (Å²) >= 11 is 0. The number of hydrogen-bond donors (Lipinski definition) is 2. The van der Waals surface area contributed by atoms with Crippen LogP contribution in [0.5, 0.6) is 0 Å². The fraction of sp³-hybridized carbons (Fsp3) is 0.600. The Morgan fingerprint density at radius 2 is 1.90 bits per heavy atom. The van der Waals surface area contributed by atoms with Gasteiger partial charge in [0.1, 0.15) is 5.25 Å². The smallest absolute Gasteiger partial charge is 0.218 e. The van der Waals surface area contributed by atoms with Crippen LogP contribution in [0, 0.1) is 5.41 Å². The lowest BCUT2D eigenvalue weighted by molar-refractivity contribution is 0.291. The average Bonchev–Trinajstić information content (AvgIpc) is 3.19. The van der Waals surface area contributed by atoms with Crippen molar-refractivity contribution < 1.29 is 13.5 Å². The second-order valence-corrected chi connectivity index (χ2v) is 8.09. The van der Waals surface area contributed by atoms with Crippen LogP contribution in [0.2, 0.25) is 0 Å². The van der Waals surface area contributed by atoms with Gasteiger partial charge in [-0.3, -0.25) is 0 Å². The minimum Gasteiger partial charge on any atom is -0.395 e. The molecule has 2 aliphatic rings. The SMILES string of the molecule is NS(=O)(=O)C(CO)c1cccc(N2CCC3(CC2)CC3)c1. The summed E-state index contributed by atoms with van der Waals surface area (Å²) in [5, 5.41) is 13.5. The third kappa shape index (κ3) is 3.07. The number of primary sulfonamides is 1. The first kappa shape index (κ1) is 14.8. The summed E-state index contributed by atoms with van der Waals surface area (Å²) in [6.07, 6.45) is 5.16. The molecule has 116 valence electrons. The van der Waals surface area contributed by atoms with Crippen molar-refractivity contribution in [3.05, 3.63) is 29.8 Å². The molecule has 6 heteroatoms. The van der Waals surface area contributed by atoms with Gasteiger partial charge in [-0.2, -0.15) is 0 Å². The van der Waals surface area contributed by atoms with E-state index in [1.54, 1.807) is 6.07 Å². The largest absolute Gasteiger partial charge is 0.395 e. The Kier molecular flexibility index (Phi) is 3.71. The lowest BCUT2D eigenvalue weighted by Gasteiger charge is -2.34. The van der Waals surface area contributed by atoms with Crippen LogP contribution in [0.25, 0.3) is 0 Å². The molecule has 1 unspecified atom stereocenters. The molecule has 0 amide bonds. The molecule has 0 radical (unpaired) electrons. The van der Waals surface area contributed by atoms with Crippen LogP contribution in [-0.2, 0) is 10.0 Å². The topological polar surface area (TPSA) is 83.6 Å². The van der Waals surface area contributed by atoms with Gasteiger partial charge in [-0.05, 0) is 48.8 Å². The molecule has 1 aliphatic carbocycles. The van der Waals surface area contributed by atoms with Gasteiger partial charge < -0.3 is 10.0 Å². The fourth-order valence-electron chi connectivity index (χ4n) is 3.24. The molecule has 1 aromatic rings. The van der Waals surface area contributed by atoms with Crippen molar-refractivity contribution in [3.8, 4) is 0 Å². The van der Waals surface area contributed by atoms with E-state index in [9.17, 15) is 13.5 Å². The van der Waals surface area contributed by atoms with Gasteiger partial charge in [0.15, 0.2) is 0 Å². The third-order valence-corrected chi connectivity index (χ3v) is 6.17. The summed E-state index contributed by atoms with van der Waals surface area (Å²) in [7, 11) is -3.79. The Bertz CT molecular complexity index is 616. The number of rotatable bonds is 4. The molecule has 1 heterocycles. The number of benzene rings is 1. The first-order valence-corrected chi connectivity index (χ1v) is 9.02. The van der Waals surface area contributed by atoms with Crippen molar-refractivity contribution in [2.75, 3.05) is 24.6 Å². The van der Waals surface area contributed by atoms with E-state index in [-0.39, 0.29) is 0 Å². The maximum Gasteiger partial charge on any atom is 0.218 e. The quantitative estimate of drug-likeness (QED) is 0.880. The molecule has 1 atom stereocenters. The van der Waals surface area contributed by atoms with E-state index < -0.39 is 21.9 Å². The van der Waals surface area contributed by atoms with Crippen LogP contribution in [0.3, 0.4) is 0 Å². The summed E-state index contributed by atoms with van der Waals surface area (Å²) in [5.41, 5.74) is 2.19. The molecule has 3 N–H and O–H groups in total. The fourth-order valence-corrected chi connectivity index (χ4v) is 3.97. The van der Waals surface area contributed by atoms with Gasteiger partial charge in [-0.1, -0.05) is 12.1 Å². The highest BCUT2D eigenvalue weighted by atomic mass is 32.2. The highest BCUT2D eigenvalue weighted by Crippen LogP contribution is 2.53. The Morgan fingerprint density at radius 3 is 2.43 bits per heavy atom. The molecule has 3 rings (SSSR count). The third-order valence-electron chi connectivity index (χ3n) is 4.95. The maximum absolute atomic E-state index is 11.5. The molecule has 1 spiro atoms. The van der Waals surface area contributed by atoms with E-state index in [1.807, 2.05) is 18.2 Å². The lowest BCUT2D eigenvalue weighted by Crippen LogP contribution is -2.34. The van der Waals surface area contributed by atoms with E-state index in [0.717, 1.165) is 18.8 Å². The van der Waals surface area contributed by atoms with Gasteiger partial charge in [0, 0.05) is 18.8 Å². The Labute approximate surface area is 125 Å². The summed E-state index contributed by atoms with van der Waals surface area (Å²) in [4.78, 5) is 2.30. The van der Waals surface area contributed by atoms with Crippen molar-refractivity contribution in [2.24, 2.45) is 10.6 Å². The Morgan fingerprint density at radius 1 is 1.24 bits per heavy atom. The molecule has 1 saturated heterocycles. The molecule has 1 saturated carbocycles. The molecular weight excluding hydrogens is 288 g/mol. The minimum atomic E-state index is -3.79. The molecule has 0 bridgehead atoms. The van der Waals surface area contributed by atoms with Crippen LogP contribution in [0.1, 0.15) is 36.5 Å². The van der Waals surface area contributed by atoms with Crippen molar-refractivity contribution in [3.63, 3.8) is 0 Å². The summed E-state index contributed by atoms with van der Waals surface area (Å²) in [6.45, 7) is 1.54. The van der Waals surface area contributed by atoms with Crippen LogP contribution >= 0.6 is 0 Å². The second kappa shape index (κ2) is 5.26. The maximum atomic E-state index is 11.5. The first-order chi connectivity index (χ1) is 9.93. The van der Waals surface area contributed by atoms with Gasteiger partial charge >= 0.3 is 0 Å². The molecule has 2 fully saturated rings. The average molecular weight is 310 g/mol. The number of piperidine rings is 1. The number of anilines is 1. The molecule has 21 heavy (non-hydrogen) atoms. The van der Waals surface area contributed by atoms with E-state index >= 15 is 0 Å². The minimum absolute atomic E-state index is 0.495. The molecule has 5 nitrogen and oxygen atoms in total. The second-order valence-electron chi connectivity index (χ2n) is 6.34. The van der Waals surface area contributed by atoms with Crippen molar-refractivity contribution in [1.82, 2.24) is 0 Å². The predicted octanol–water partition coefficient (Wildman–Crippen LogP) is 1.39. The molecular formula is C15H22N2O3S. The number of sulfonamides is 1. The highest BCUT2D eigenvalue weighted by molar-refractivity contribution is 7.89. The van der Waals surface area contributed by atoms with Crippen molar-refractivity contribution in [1.29, 1.82) is 0 Å². The first-order valence-electron chi connectivity index (χ1n) is 7.41. The van der Waals surface area contributed by atoms with Crippen LogP contribution in [0.4, 0.5) is 5.69 Å². The van der Waals surface area contributed by atoms with Crippen molar-refractivity contribution in [2.45, 2.75) is 30.9 Å². The summed E-state index contributed by atoms with van der Waals surface area (Å²) < 4.78 is 23.1. The zero-order valence-corrected chi connectivity index (χ0v) is 12.8. The molecule has 1 aliphatic heterocycles. The van der Waals surface area contributed by atoms with E-state index in [4.69, 9.17) is 5.14 Å². The number of aliphatic hydroxyl groups excluding tert-OH is 1. The summed E-state index contributed by atoms with van der Waals surface area (Å²) in [6, 6.07) is 7.38. The zero-order valence-electron chi connectivity index (χ0n) is 12.0. The summed E-state index contributed by atoms with van der Waals surface area (Å²) in [5.74, 6) is 0. The normalized spacial score (nSPS) is 22.3. The van der Waals surface area contributed by atoms with Gasteiger partial charge in [0.25, 0.3) is 0 Å².